The van der Waals surface area contributed by atoms with Gasteiger partial charge in [0.15, 0.2) is 0 Å². The fourth-order valence-corrected chi connectivity index (χ4v) is 1.83. The van der Waals surface area contributed by atoms with Crippen LogP contribution in [0.5, 0.6) is 0 Å². The van der Waals surface area contributed by atoms with E-state index in [-0.39, 0.29) is 5.65 Å². The Morgan fingerprint density at radius 3 is 2.89 bits per heavy atom. The van der Waals surface area contributed by atoms with Crippen LogP contribution in [0.15, 0.2) is 35.4 Å². The van der Waals surface area contributed by atoms with Crippen LogP contribution in [0, 0.1) is 0 Å². The number of benzene rings is 1. The molecule has 0 bridgehead atoms. The topological polar surface area (TPSA) is 89.5 Å². The number of para-hydroxylation sites is 2. The van der Waals surface area contributed by atoms with Gasteiger partial charge in [-0.25, -0.2) is 9.67 Å². The third-order valence-electron chi connectivity index (χ3n) is 2.61. The maximum absolute atomic E-state index is 12.0. The van der Waals surface area contributed by atoms with Crippen LogP contribution in [-0.2, 0) is 11.3 Å². The summed E-state index contributed by atoms with van der Waals surface area (Å²) in [4.78, 5) is 26.8. The molecule has 0 fully saturated rings. The highest BCUT2D eigenvalue weighted by molar-refractivity contribution is 5.79. The van der Waals surface area contributed by atoms with Crippen molar-refractivity contribution in [3.8, 4) is 0 Å². The lowest BCUT2D eigenvalue weighted by atomic mass is 10.3. The summed E-state index contributed by atoms with van der Waals surface area (Å²) in [5.74, 6) is -1.12. The molecule has 0 saturated carbocycles. The van der Waals surface area contributed by atoms with Crippen molar-refractivity contribution in [1.82, 2.24) is 19.2 Å². The van der Waals surface area contributed by atoms with E-state index >= 15 is 0 Å². The number of carboxylic acid groups (broad SMARTS) is 1. The molecule has 0 radical (unpaired) electrons. The Morgan fingerprint density at radius 2 is 2.11 bits per heavy atom. The fraction of sp³-hybridized carbons (Fsp3) is 0.0909. The molecule has 1 N–H and O–H groups in total. The van der Waals surface area contributed by atoms with Crippen LogP contribution in [0.3, 0.4) is 0 Å². The monoisotopic (exact) mass is 244 g/mol. The highest BCUT2D eigenvalue weighted by atomic mass is 16.4. The summed E-state index contributed by atoms with van der Waals surface area (Å²) in [5.41, 5.74) is 1.09. The van der Waals surface area contributed by atoms with Gasteiger partial charge >= 0.3 is 11.5 Å². The van der Waals surface area contributed by atoms with E-state index in [2.05, 4.69) is 10.1 Å². The van der Waals surface area contributed by atoms with Crippen molar-refractivity contribution in [3.63, 3.8) is 0 Å². The van der Waals surface area contributed by atoms with Crippen LogP contribution in [0.2, 0.25) is 0 Å². The van der Waals surface area contributed by atoms with Gasteiger partial charge in [-0.15, -0.1) is 0 Å². The first-order valence-electron chi connectivity index (χ1n) is 5.21. The highest BCUT2D eigenvalue weighted by Gasteiger charge is 2.11. The Balaban J connectivity index is 2.35. The van der Waals surface area contributed by atoms with Crippen molar-refractivity contribution >= 4 is 22.6 Å². The van der Waals surface area contributed by atoms with Crippen molar-refractivity contribution in [2.45, 2.75) is 6.54 Å². The SMILES string of the molecule is O=C(O)Cn1ncn2c(nc3ccccc32)c1=O. The Bertz CT molecular complexity index is 818. The number of carboxylic acids is 1. The van der Waals surface area contributed by atoms with Gasteiger partial charge in [0.25, 0.3) is 0 Å². The van der Waals surface area contributed by atoms with Crippen LogP contribution in [-0.4, -0.2) is 30.2 Å². The van der Waals surface area contributed by atoms with Crippen molar-refractivity contribution in [2.75, 3.05) is 0 Å². The molecule has 0 amide bonds. The van der Waals surface area contributed by atoms with Crippen molar-refractivity contribution in [2.24, 2.45) is 0 Å². The summed E-state index contributed by atoms with van der Waals surface area (Å²) in [5, 5.41) is 12.5. The molecule has 3 rings (SSSR count). The smallest absolute Gasteiger partial charge is 0.325 e. The molecular weight excluding hydrogens is 236 g/mol. The average molecular weight is 244 g/mol. The molecule has 7 nitrogen and oxygen atoms in total. The predicted octanol–water partition coefficient (Wildman–Crippen LogP) is 0.129. The third kappa shape index (κ3) is 1.45. The van der Waals surface area contributed by atoms with E-state index in [0.29, 0.717) is 5.52 Å². The molecule has 0 saturated heterocycles. The second-order valence-electron chi connectivity index (χ2n) is 3.78. The summed E-state index contributed by atoms with van der Waals surface area (Å²) in [6, 6.07) is 7.25. The molecule has 0 atom stereocenters. The van der Waals surface area contributed by atoms with Gasteiger partial charge < -0.3 is 5.11 Å². The lowest BCUT2D eigenvalue weighted by Crippen LogP contribution is -2.28. The Labute approximate surface area is 99.9 Å². The number of hydrogen-bond acceptors (Lipinski definition) is 4. The van der Waals surface area contributed by atoms with E-state index in [4.69, 9.17) is 5.11 Å². The molecule has 3 aromatic rings. The number of carbonyl (C=O) groups is 1. The Morgan fingerprint density at radius 1 is 1.33 bits per heavy atom. The van der Waals surface area contributed by atoms with Gasteiger partial charge in [0.05, 0.1) is 11.0 Å². The van der Waals surface area contributed by atoms with Gasteiger partial charge in [-0.1, -0.05) is 12.1 Å². The van der Waals surface area contributed by atoms with Crippen molar-refractivity contribution in [3.05, 3.63) is 40.9 Å². The molecule has 0 unspecified atom stereocenters. The predicted molar refractivity (Wildman–Crippen MR) is 62.4 cm³/mol. The molecular formula is C11H8N4O3. The summed E-state index contributed by atoms with van der Waals surface area (Å²) in [6.07, 6.45) is 1.40. The molecule has 2 aromatic heterocycles. The Hall–Kier alpha value is -2.70. The van der Waals surface area contributed by atoms with Crippen LogP contribution in [0.4, 0.5) is 0 Å². The van der Waals surface area contributed by atoms with Crippen molar-refractivity contribution < 1.29 is 9.90 Å². The van der Waals surface area contributed by atoms with Gasteiger partial charge in [0, 0.05) is 0 Å². The zero-order valence-corrected chi connectivity index (χ0v) is 9.15. The second kappa shape index (κ2) is 3.66. The minimum Gasteiger partial charge on any atom is -0.480 e. The van der Waals surface area contributed by atoms with E-state index < -0.39 is 18.1 Å². The standard InChI is InChI=1S/C11H8N4O3/c16-9(17)5-15-11(18)10-13-7-3-1-2-4-8(7)14(10)6-12-15/h1-4,6H,5H2,(H,16,17). The first-order valence-corrected chi connectivity index (χ1v) is 5.21. The zero-order chi connectivity index (χ0) is 12.7. The van der Waals surface area contributed by atoms with Crippen molar-refractivity contribution in [1.29, 1.82) is 0 Å². The lowest BCUT2D eigenvalue weighted by Gasteiger charge is -2.00. The minimum absolute atomic E-state index is 0.174. The Kier molecular flexibility index (Phi) is 2.12. The number of nitrogens with zero attached hydrogens (tertiary/aromatic N) is 4. The van der Waals surface area contributed by atoms with Crippen LogP contribution < -0.4 is 5.56 Å². The van der Waals surface area contributed by atoms with Gasteiger partial charge in [-0.05, 0) is 12.1 Å². The molecule has 1 aromatic carbocycles. The molecule has 0 aliphatic carbocycles. The van der Waals surface area contributed by atoms with Gasteiger partial charge in [-0.2, -0.15) is 5.10 Å². The molecule has 90 valence electrons. The van der Waals surface area contributed by atoms with Gasteiger partial charge in [-0.3, -0.25) is 14.0 Å². The quantitative estimate of drug-likeness (QED) is 0.692. The zero-order valence-electron chi connectivity index (χ0n) is 9.15. The molecule has 18 heavy (non-hydrogen) atoms. The normalized spacial score (nSPS) is 11.1. The lowest BCUT2D eigenvalue weighted by molar-refractivity contribution is -0.138. The number of rotatable bonds is 2. The summed E-state index contributed by atoms with van der Waals surface area (Å²) in [6.45, 7) is -0.474. The minimum atomic E-state index is -1.12. The summed E-state index contributed by atoms with van der Waals surface area (Å²) >= 11 is 0. The summed E-state index contributed by atoms with van der Waals surface area (Å²) < 4.78 is 2.43. The third-order valence-corrected chi connectivity index (χ3v) is 2.61. The molecule has 0 spiro atoms. The number of hydrogen-bond donors (Lipinski definition) is 1. The molecule has 7 heteroatoms. The van der Waals surface area contributed by atoms with Crippen LogP contribution in [0.25, 0.3) is 16.7 Å². The van der Waals surface area contributed by atoms with Crippen LogP contribution in [0.1, 0.15) is 0 Å². The first-order chi connectivity index (χ1) is 8.66. The molecule has 0 aliphatic heterocycles. The fourth-order valence-electron chi connectivity index (χ4n) is 1.83. The molecule has 2 heterocycles. The second-order valence-corrected chi connectivity index (χ2v) is 3.78. The number of aromatic nitrogens is 4. The maximum atomic E-state index is 12.0. The number of aliphatic carboxylic acids is 1. The van der Waals surface area contributed by atoms with Gasteiger partial charge in [0.1, 0.15) is 12.9 Å². The van der Waals surface area contributed by atoms with E-state index in [9.17, 15) is 9.59 Å². The van der Waals surface area contributed by atoms with Gasteiger partial charge in [0.2, 0.25) is 5.65 Å². The first kappa shape index (κ1) is 10.5. The average Bonchev–Trinajstić information content (AvgIpc) is 2.72. The maximum Gasteiger partial charge on any atom is 0.325 e. The highest BCUT2D eigenvalue weighted by Crippen LogP contribution is 2.12. The van der Waals surface area contributed by atoms with Crippen LogP contribution >= 0.6 is 0 Å². The van der Waals surface area contributed by atoms with E-state index in [0.717, 1.165) is 10.2 Å². The largest absolute Gasteiger partial charge is 0.480 e. The van der Waals surface area contributed by atoms with E-state index in [1.54, 1.807) is 10.5 Å². The molecule has 0 aliphatic rings. The van der Waals surface area contributed by atoms with E-state index in [1.165, 1.54) is 6.33 Å². The number of imidazole rings is 1. The number of fused-ring (bicyclic) bond motifs is 3. The van der Waals surface area contributed by atoms with E-state index in [1.807, 2.05) is 18.2 Å². The summed E-state index contributed by atoms with van der Waals surface area (Å²) in [7, 11) is 0.